The van der Waals surface area contributed by atoms with E-state index < -0.39 is 0 Å². The molecule has 274 valence electrons. The highest BCUT2D eigenvalue weighted by Crippen LogP contribution is 2.17. The molecule has 0 bridgehead atoms. The molecular formula is C40H80N2O2S2. The van der Waals surface area contributed by atoms with Gasteiger partial charge in [0.1, 0.15) is 4.32 Å². The van der Waals surface area contributed by atoms with Gasteiger partial charge in [0.15, 0.2) is 0 Å². The fraction of sp³-hybridized carbons (Fsp3) is 0.950. The molecule has 0 aliphatic rings. The Bertz CT molecular complexity index is 620. The zero-order chi connectivity index (χ0) is 33.4. The van der Waals surface area contributed by atoms with Gasteiger partial charge in [0.25, 0.3) is 0 Å². The minimum absolute atomic E-state index is 0.256. The molecule has 0 saturated carbocycles. The van der Waals surface area contributed by atoms with Crippen molar-refractivity contribution >= 4 is 35.1 Å². The topological polar surface area (TPSA) is 61.4 Å². The SMILES string of the molecule is O=C(CCCCCCCCCCCCCCCCCCCCCCCCCCCCCCCCCCCCCCNC(=S)S)NO. The van der Waals surface area contributed by atoms with Gasteiger partial charge in [-0.3, -0.25) is 10.0 Å². The van der Waals surface area contributed by atoms with Crippen LogP contribution in [0.4, 0.5) is 0 Å². The summed E-state index contributed by atoms with van der Waals surface area (Å²) < 4.78 is 0.625. The number of carbonyl (C=O) groups is 1. The first-order valence-electron chi connectivity index (χ1n) is 20.6. The third-order valence-corrected chi connectivity index (χ3v) is 10.0. The number of carbonyl (C=O) groups excluding carboxylic acids is 1. The summed E-state index contributed by atoms with van der Waals surface area (Å²) in [4.78, 5) is 10.9. The predicted molar refractivity (Wildman–Crippen MR) is 210 cm³/mol. The van der Waals surface area contributed by atoms with Crippen LogP contribution in [0.2, 0.25) is 0 Å². The van der Waals surface area contributed by atoms with Crippen LogP contribution in [-0.2, 0) is 4.79 Å². The maximum Gasteiger partial charge on any atom is 0.243 e. The van der Waals surface area contributed by atoms with Crippen LogP contribution in [0.5, 0.6) is 0 Å². The van der Waals surface area contributed by atoms with E-state index in [0.29, 0.717) is 10.7 Å². The van der Waals surface area contributed by atoms with Crippen molar-refractivity contribution in [2.24, 2.45) is 0 Å². The van der Waals surface area contributed by atoms with E-state index in [1.807, 2.05) is 0 Å². The molecular weight excluding hydrogens is 605 g/mol. The van der Waals surface area contributed by atoms with Crippen molar-refractivity contribution in [2.45, 2.75) is 238 Å². The van der Waals surface area contributed by atoms with Crippen LogP contribution in [0.1, 0.15) is 238 Å². The number of nitrogens with one attached hydrogen (secondary N) is 2. The fourth-order valence-corrected chi connectivity index (χ4v) is 6.89. The van der Waals surface area contributed by atoms with Crippen LogP contribution in [0.3, 0.4) is 0 Å². The summed E-state index contributed by atoms with van der Waals surface area (Å²) in [5.74, 6) is -0.256. The highest BCUT2D eigenvalue weighted by molar-refractivity contribution is 8.11. The van der Waals surface area contributed by atoms with Crippen LogP contribution in [0.25, 0.3) is 0 Å². The normalized spacial score (nSPS) is 11.3. The molecule has 0 aliphatic carbocycles. The van der Waals surface area contributed by atoms with Gasteiger partial charge in [-0.05, 0) is 12.8 Å². The van der Waals surface area contributed by atoms with Gasteiger partial charge in [-0.2, -0.15) is 0 Å². The van der Waals surface area contributed by atoms with Crippen LogP contribution in [0, 0.1) is 0 Å². The molecule has 0 aromatic rings. The Morgan fingerprint density at radius 2 is 0.587 bits per heavy atom. The number of rotatable bonds is 39. The van der Waals surface area contributed by atoms with Crippen molar-refractivity contribution in [3.05, 3.63) is 0 Å². The lowest BCUT2D eigenvalue weighted by molar-refractivity contribution is -0.129. The Balaban J connectivity index is 3.06. The average Bonchev–Trinajstić information content (AvgIpc) is 3.05. The maximum absolute atomic E-state index is 10.9. The second-order valence-corrected chi connectivity index (χ2v) is 15.4. The third kappa shape index (κ3) is 41.7. The number of hydrogen-bond donors (Lipinski definition) is 4. The number of thiol groups is 1. The molecule has 0 fully saturated rings. The summed E-state index contributed by atoms with van der Waals surface area (Å²) in [7, 11) is 0. The van der Waals surface area contributed by atoms with Crippen LogP contribution >= 0.6 is 24.8 Å². The first-order chi connectivity index (χ1) is 22.7. The van der Waals surface area contributed by atoms with Gasteiger partial charge < -0.3 is 5.32 Å². The van der Waals surface area contributed by atoms with E-state index in [-0.39, 0.29) is 5.91 Å². The van der Waals surface area contributed by atoms with Crippen molar-refractivity contribution < 1.29 is 10.0 Å². The molecule has 0 rings (SSSR count). The van der Waals surface area contributed by atoms with Crippen molar-refractivity contribution in [1.82, 2.24) is 10.8 Å². The summed E-state index contributed by atoms with van der Waals surface area (Å²) in [6.07, 6.45) is 50.6. The van der Waals surface area contributed by atoms with Gasteiger partial charge in [0.2, 0.25) is 5.91 Å². The van der Waals surface area contributed by atoms with Crippen molar-refractivity contribution in [3.63, 3.8) is 0 Å². The van der Waals surface area contributed by atoms with E-state index in [2.05, 4.69) is 17.9 Å². The summed E-state index contributed by atoms with van der Waals surface area (Å²) in [5.41, 5.74) is 1.70. The van der Waals surface area contributed by atoms with Gasteiger partial charge in [0, 0.05) is 13.0 Å². The molecule has 0 unspecified atom stereocenters. The lowest BCUT2D eigenvalue weighted by Crippen LogP contribution is -2.17. The van der Waals surface area contributed by atoms with E-state index >= 15 is 0 Å². The summed E-state index contributed by atoms with van der Waals surface area (Å²) in [6, 6.07) is 0. The van der Waals surface area contributed by atoms with Crippen LogP contribution in [-0.4, -0.2) is 22.0 Å². The molecule has 6 heteroatoms. The first-order valence-corrected chi connectivity index (χ1v) is 21.4. The lowest BCUT2D eigenvalue weighted by Gasteiger charge is -2.05. The first kappa shape index (κ1) is 45.7. The largest absolute Gasteiger partial charge is 0.371 e. The Morgan fingerprint density at radius 1 is 0.391 bits per heavy atom. The Labute approximate surface area is 298 Å². The Hall–Kier alpha value is -0.330. The smallest absolute Gasteiger partial charge is 0.243 e. The summed E-state index contributed by atoms with van der Waals surface area (Å²) >= 11 is 8.99. The molecule has 0 atom stereocenters. The van der Waals surface area contributed by atoms with Gasteiger partial charge >= 0.3 is 0 Å². The molecule has 46 heavy (non-hydrogen) atoms. The number of thiocarbonyl (C=S) groups is 1. The highest BCUT2D eigenvalue weighted by Gasteiger charge is 2.00. The average molecular weight is 685 g/mol. The molecule has 3 N–H and O–H groups in total. The highest BCUT2D eigenvalue weighted by atomic mass is 32.1. The molecule has 0 spiro atoms. The quantitative estimate of drug-likeness (QED) is 0.0171. The fourth-order valence-electron chi connectivity index (χ4n) is 6.67. The molecule has 0 aliphatic heterocycles. The molecule has 0 radical (unpaired) electrons. The maximum atomic E-state index is 10.9. The molecule has 0 aromatic heterocycles. The molecule has 4 nitrogen and oxygen atoms in total. The lowest BCUT2D eigenvalue weighted by atomic mass is 10.0. The molecule has 0 saturated heterocycles. The molecule has 0 heterocycles. The second-order valence-electron chi connectivity index (χ2n) is 14.2. The van der Waals surface area contributed by atoms with Gasteiger partial charge in [-0.25, -0.2) is 5.48 Å². The van der Waals surface area contributed by atoms with E-state index in [4.69, 9.17) is 17.4 Å². The number of amides is 1. The summed E-state index contributed by atoms with van der Waals surface area (Å²) in [5, 5.41) is 11.6. The van der Waals surface area contributed by atoms with E-state index in [9.17, 15) is 4.79 Å². The standard InChI is InChI=1S/C40H80N2O2S2/c43-39(42-44)37-35-33-31-29-27-25-23-21-19-17-15-13-11-9-7-5-3-1-2-4-6-8-10-12-14-16-18-20-22-24-26-28-30-32-34-36-38-41-40(45)46/h44H,1-38H2,(H,42,43)(H2,41,45,46). The summed E-state index contributed by atoms with van der Waals surface area (Å²) in [6.45, 7) is 0.982. The van der Waals surface area contributed by atoms with Gasteiger partial charge in [-0.1, -0.05) is 231 Å². The zero-order valence-corrected chi connectivity index (χ0v) is 32.3. The van der Waals surface area contributed by atoms with Crippen molar-refractivity contribution in [1.29, 1.82) is 0 Å². The van der Waals surface area contributed by atoms with E-state index in [1.54, 1.807) is 5.48 Å². The number of hydroxylamine groups is 1. The Morgan fingerprint density at radius 3 is 0.783 bits per heavy atom. The van der Waals surface area contributed by atoms with Gasteiger partial charge in [-0.15, -0.1) is 12.6 Å². The minimum Gasteiger partial charge on any atom is -0.371 e. The molecule has 0 aromatic carbocycles. The monoisotopic (exact) mass is 685 g/mol. The van der Waals surface area contributed by atoms with Gasteiger partial charge in [0.05, 0.1) is 0 Å². The van der Waals surface area contributed by atoms with Crippen LogP contribution in [0.15, 0.2) is 0 Å². The number of unbranched alkanes of at least 4 members (excludes halogenated alkanes) is 35. The third-order valence-electron chi connectivity index (χ3n) is 9.73. The number of hydrogen-bond acceptors (Lipinski definition) is 3. The van der Waals surface area contributed by atoms with E-state index in [1.165, 1.54) is 218 Å². The van der Waals surface area contributed by atoms with Crippen molar-refractivity contribution in [2.75, 3.05) is 6.54 Å². The Kier molecular flexibility index (Phi) is 40.6. The minimum atomic E-state index is -0.256. The van der Waals surface area contributed by atoms with E-state index in [0.717, 1.165) is 19.4 Å². The zero-order valence-electron chi connectivity index (χ0n) is 30.6. The van der Waals surface area contributed by atoms with Crippen molar-refractivity contribution in [3.8, 4) is 0 Å². The second kappa shape index (κ2) is 40.8. The predicted octanol–water partition coefficient (Wildman–Crippen LogP) is 13.7. The molecule has 1 amide bonds. The van der Waals surface area contributed by atoms with Crippen LogP contribution < -0.4 is 10.8 Å².